The van der Waals surface area contributed by atoms with Crippen LogP contribution in [0.2, 0.25) is 0 Å². The van der Waals surface area contributed by atoms with E-state index in [1.54, 1.807) is 0 Å². The van der Waals surface area contributed by atoms with Crippen LogP contribution in [0.1, 0.15) is 31.2 Å². The third kappa shape index (κ3) is 3.34. The van der Waals surface area contributed by atoms with Crippen LogP contribution in [0.25, 0.3) is 22.0 Å². The fourth-order valence-corrected chi connectivity index (χ4v) is 4.01. The van der Waals surface area contributed by atoms with Gasteiger partial charge in [0.15, 0.2) is 0 Å². The molecule has 0 N–H and O–H groups in total. The molecule has 132 valence electrons. The van der Waals surface area contributed by atoms with E-state index in [4.69, 9.17) is 0 Å². The second-order valence-corrected chi connectivity index (χ2v) is 7.31. The van der Waals surface area contributed by atoms with Crippen LogP contribution in [0, 0.1) is 5.92 Å². The van der Waals surface area contributed by atoms with E-state index >= 15 is 0 Å². The molecule has 1 unspecified atom stereocenters. The number of amides is 1. The molecule has 3 nitrogen and oxygen atoms in total. The summed E-state index contributed by atoms with van der Waals surface area (Å²) >= 11 is 0. The average Bonchev–Trinajstić information content (AvgIpc) is 2.73. The van der Waals surface area contributed by atoms with Crippen LogP contribution >= 0.6 is 0 Å². The van der Waals surface area contributed by atoms with Crippen molar-refractivity contribution in [2.24, 2.45) is 5.92 Å². The Morgan fingerprint density at radius 2 is 1.77 bits per heavy atom. The second-order valence-electron chi connectivity index (χ2n) is 7.31. The number of fused-ring (bicyclic) bond motifs is 1. The van der Waals surface area contributed by atoms with Gasteiger partial charge in [-0.2, -0.15) is 0 Å². The van der Waals surface area contributed by atoms with Gasteiger partial charge < -0.3 is 4.90 Å². The van der Waals surface area contributed by atoms with E-state index in [0.29, 0.717) is 11.8 Å². The third-order valence-electron chi connectivity index (χ3n) is 5.79. The van der Waals surface area contributed by atoms with Crippen LogP contribution in [0.5, 0.6) is 0 Å². The van der Waals surface area contributed by atoms with Gasteiger partial charge in [0.2, 0.25) is 6.41 Å². The lowest BCUT2D eigenvalue weighted by Gasteiger charge is -2.33. The lowest BCUT2D eigenvalue weighted by molar-refractivity contribution is -0.119. The number of aromatic nitrogens is 1. The van der Waals surface area contributed by atoms with Gasteiger partial charge >= 0.3 is 0 Å². The maximum Gasteiger partial charge on any atom is 0.209 e. The average molecular weight is 344 g/mol. The molecular formula is C23H24N2O. The Morgan fingerprint density at radius 1 is 1.04 bits per heavy atom. The number of nitrogens with zero attached hydrogens (tertiary/aromatic N) is 2. The lowest BCUT2D eigenvalue weighted by atomic mass is 9.81. The fraction of sp³-hybridized carbons (Fsp3) is 0.304. The highest BCUT2D eigenvalue weighted by molar-refractivity contribution is 5.83. The Kier molecular flexibility index (Phi) is 4.70. The Morgan fingerprint density at radius 3 is 2.50 bits per heavy atom. The molecule has 1 fully saturated rings. The molecule has 4 rings (SSSR count). The van der Waals surface area contributed by atoms with Crippen molar-refractivity contribution in [2.45, 2.75) is 25.7 Å². The molecule has 0 spiro atoms. The van der Waals surface area contributed by atoms with E-state index in [2.05, 4.69) is 54.4 Å². The van der Waals surface area contributed by atoms with Gasteiger partial charge in [-0.25, -0.2) is 0 Å². The summed E-state index contributed by atoms with van der Waals surface area (Å²) in [7, 11) is 0. The van der Waals surface area contributed by atoms with E-state index in [1.165, 1.54) is 16.5 Å². The van der Waals surface area contributed by atoms with Crippen LogP contribution in [-0.2, 0) is 4.79 Å². The molecule has 1 amide bonds. The zero-order valence-corrected chi connectivity index (χ0v) is 15.1. The van der Waals surface area contributed by atoms with Crippen molar-refractivity contribution in [3.05, 3.63) is 66.4 Å². The minimum Gasteiger partial charge on any atom is -0.345 e. The maximum absolute atomic E-state index is 10.9. The highest BCUT2D eigenvalue weighted by atomic mass is 16.1. The first kappa shape index (κ1) is 16.8. The first-order valence-electron chi connectivity index (χ1n) is 9.39. The summed E-state index contributed by atoms with van der Waals surface area (Å²) in [6.07, 6.45) is 5.12. The SMILES string of the molecule is CC(c1ccc(-c2cnc3ccccc3c2)cc1)C1CCN(C=O)CC1. The number of carbonyl (C=O) groups is 1. The van der Waals surface area contributed by atoms with Crippen molar-refractivity contribution in [2.75, 3.05) is 13.1 Å². The molecule has 0 saturated carbocycles. The molecule has 3 heteroatoms. The summed E-state index contributed by atoms with van der Waals surface area (Å²) in [5, 5.41) is 1.17. The van der Waals surface area contributed by atoms with Gasteiger partial charge in [0.1, 0.15) is 0 Å². The molecule has 1 atom stereocenters. The molecule has 2 aromatic carbocycles. The van der Waals surface area contributed by atoms with Crippen LogP contribution < -0.4 is 0 Å². The Bertz CT molecular complexity index is 895. The lowest BCUT2D eigenvalue weighted by Crippen LogP contribution is -2.34. The van der Waals surface area contributed by atoms with E-state index in [-0.39, 0.29) is 0 Å². The number of likely N-dealkylation sites (tertiary alicyclic amines) is 1. The van der Waals surface area contributed by atoms with Gasteiger partial charge in [-0.15, -0.1) is 0 Å². The summed E-state index contributed by atoms with van der Waals surface area (Å²) in [5.41, 5.74) is 4.77. The van der Waals surface area contributed by atoms with Gasteiger partial charge in [-0.1, -0.05) is 49.4 Å². The standard InChI is InChI=1S/C23H24N2O/c1-17(19-10-12-25(16-26)13-11-19)18-6-8-20(9-7-18)22-14-21-4-2-3-5-23(21)24-15-22/h2-9,14-17,19H,10-13H2,1H3. The van der Waals surface area contributed by atoms with Crippen molar-refractivity contribution in [3.8, 4) is 11.1 Å². The highest BCUT2D eigenvalue weighted by Crippen LogP contribution is 2.33. The minimum atomic E-state index is 0.521. The van der Waals surface area contributed by atoms with Crippen molar-refractivity contribution in [3.63, 3.8) is 0 Å². The second kappa shape index (κ2) is 7.28. The van der Waals surface area contributed by atoms with Gasteiger partial charge in [0, 0.05) is 30.2 Å². The molecule has 1 aliphatic heterocycles. The first-order chi connectivity index (χ1) is 12.7. The summed E-state index contributed by atoms with van der Waals surface area (Å²) < 4.78 is 0. The van der Waals surface area contributed by atoms with E-state index in [1.807, 2.05) is 23.2 Å². The smallest absolute Gasteiger partial charge is 0.209 e. The Balaban J connectivity index is 1.51. The number of benzene rings is 2. The number of carbonyl (C=O) groups excluding carboxylic acids is 1. The van der Waals surface area contributed by atoms with Crippen molar-refractivity contribution in [1.29, 1.82) is 0 Å². The van der Waals surface area contributed by atoms with Crippen LogP contribution in [0.4, 0.5) is 0 Å². The summed E-state index contributed by atoms with van der Waals surface area (Å²) in [6.45, 7) is 4.09. The minimum absolute atomic E-state index is 0.521. The molecule has 3 aromatic rings. The van der Waals surface area contributed by atoms with Crippen LogP contribution in [0.15, 0.2) is 60.8 Å². The van der Waals surface area contributed by atoms with Crippen LogP contribution in [0.3, 0.4) is 0 Å². The van der Waals surface area contributed by atoms with Gasteiger partial charge in [0.25, 0.3) is 0 Å². The predicted molar refractivity (Wildman–Crippen MR) is 106 cm³/mol. The Hall–Kier alpha value is -2.68. The number of hydrogen-bond acceptors (Lipinski definition) is 2. The van der Waals surface area contributed by atoms with E-state index < -0.39 is 0 Å². The Labute approximate surface area is 154 Å². The number of para-hydroxylation sites is 1. The van der Waals surface area contributed by atoms with E-state index in [0.717, 1.165) is 43.4 Å². The maximum atomic E-state index is 10.9. The number of pyridine rings is 1. The third-order valence-corrected chi connectivity index (χ3v) is 5.79. The van der Waals surface area contributed by atoms with Crippen molar-refractivity contribution >= 4 is 17.3 Å². The quantitative estimate of drug-likeness (QED) is 0.632. The number of piperidine rings is 1. The van der Waals surface area contributed by atoms with Crippen molar-refractivity contribution in [1.82, 2.24) is 9.88 Å². The molecule has 1 saturated heterocycles. The fourth-order valence-electron chi connectivity index (χ4n) is 4.01. The molecule has 1 aliphatic rings. The number of hydrogen-bond donors (Lipinski definition) is 0. The zero-order valence-electron chi connectivity index (χ0n) is 15.1. The molecule has 26 heavy (non-hydrogen) atoms. The highest BCUT2D eigenvalue weighted by Gasteiger charge is 2.24. The zero-order chi connectivity index (χ0) is 17.9. The van der Waals surface area contributed by atoms with Crippen LogP contribution in [-0.4, -0.2) is 29.4 Å². The molecule has 1 aromatic heterocycles. The summed E-state index contributed by atoms with van der Waals surface area (Å²) in [4.78, 5) is 17.3. The predicted octanol–water partition coefficient (Wildman–Crippen LogP) is 4.87. The normalized spacial score (nSPS) is 16.6. The van der Waals surface area contributed by atoms with Gasteiger partial charge in [0.05, 0.1) is 5.52 Å². The van der Waals surface area contributed by atoms with Gasteiger partial charge in [-0.05, 0) is 47.9 Å². The summed E-state index contributed by atoms with van der Waals surface area (Å²) in [5.74, 6) is 1.17. The van der Waals surface area contributed by atoms with Gasteiger partial charge in [-0.3, -0.25) is 9.78 Å². The number of rotatable bonds is 4. The molecular weight excluding hydrogens is 320 g/mol. The largest absolute Gasteiger partial charge is 0.345 e. The topological polar surface area (TPSA) is 33.2 Å². The molecule has 0 aliphatic carbocycles. The van der Waals surface area contributed by atoms with E-state index in [9.17, 15) is 4.79 Å². The molecule has 0 radical (unpaired) electrons. The van der Waals surface area contributed by atoms with Crippen molar-refractivity contribution < 1.29 is 4.79 Å². The monoisotopic (exact) mass is 344 g/mol. The molecule has 0 bridgehead atoms. The summed E-state index contributed by atoms with van der Waals surface area (Å²) in [6, 6.07) is 19.3. The first-order valence-corrected chi connectivity index (χ1v) is 9.39. The molecule has 2 heterocycles.